The topological polar surface area (TPSA) is 92.3 Å². The average Bonchev–Trinajstić information content (AvgIpc) is 3.39. The lowest BCUT2D eigenvalue weighted by Crippen LogP contribution is -2.44. The molecule has 1 aromatic carbocycles. The molecule has 1 aliphatic rings. The number of nitrogens with zero attached hydrogens (tertiary/aromatic N) is 3. The Morgan fingerprint density at radius 3 is 2.89 bits per heavy atom. The minimum absolute atomic E-state index is 0.0913. The number of thiophene rings is 1. The van der Waals surface area contributed by atoms with Crippen LogP contribution in [0, 0.1) is 0 Å². The number of benzene rings is 1. The number of sulfonamides is 1. The van der Waals surface area contributed by atoms with Gasteiger partial charge in [0.15, 0.2) is 0 Å². The van der Waals surface area contributed by atoms with Gasteiger partial charge in [-0.15, -0.1) is 11.3 Å². The van der Waals surface area contributed by atoms with Gasteiger partial charge < -0.3 is 5.32 Å². The summed E-state index contributed by atoms with van der Waals surface area (Å²) in [4.78, 5) is 12.4. The van der Waals surface area contributed by atoms with Crippen LogP contribution in [0.25, 0.3) is 11.0 Å². The van der Waals surface area contributed by atoms with Gasteiger partial charge >= 0.3 is 0 Å². The largest absolute Gasteiger partial charge is 0.352 e. The fourth-order valence-corrected chi connectivity index (χ4v) is 6.84. The van der Waals surface area contributed by atoms with Crippen LogP contribution in [0.4, 0.5) is 0 Å². The first-order valence-electron chi connectivity index (χ1n) is 9.11. The number of rotatable bonds is 6. The summed E-state index contributed by atoms with van der Waals surface area (Å²) in [5.74, 6) is -0.182. The molecule has 7 nitrogen and oxygen atoms in total. The standard InChI is InChI=1S/C18H20N4O3S3/c23-18(13-6-7-15-16(12-13)21-27-20-15)19-9-8-14-4-1-2-10-22(14)28(24,25)17-5-3-11-26-17/h3,5-7,11-12,14H,1-2,4,8-10H2,(H,19,23)/t14-/m1/s1. The number of piperidine rings is 1. The number of aromatic nitrogens is 2. The summed E-state index contributed by atoms with van der Waals surface area (Å²) in [5.41, 5.74) is 2.02. The Labute approximate surface area is 171 Å². The Kier molecular flexibility index (Phi) is 5.72. The first-order chi connectivity index (χ1) is 13.6. The molecule has 10 heteroatoms. The number of hydrogen-bond acceptors (Lipinski definition) is 7. The molecule has 0 radical (unpaired) electrons. The SMILES string of the molecule is O=C(NCC[C@H]1CCCCN1S(=O)(=O)c1cccs1)c1ccc2nsnc2c1. The maximum atomic E-state index is 12.9. The van der Waals surface area contributed by atoms with E-state index >= 15 is 0 Å². The molecule has 1 N–H and O–H groups in total. The molecule has 1 amide bonds. The van der Waals surface area contributed by atoms with Crippen molar-refractivity contribution in [3.8, 4) is 0 Å². The molecule has 148 valence electrons. The number of carbonyl (C=O) groups is 1. The van der Waals surface area contributed by atoms with Crippen LogP contribution in [0.2, 0.25) is 0 Å². The maximum Gasteiger partial charge on any atom is 0.252 e. The lowest BCUT2D eigenvalue weighted by Gasteiger charge is -2.34. The molecule has 0 unspecified atom stereocenters. The Morgan fingerprint density at radius 1 is 1.21 bits per heavy atom. The summed E-state index contributed by atoms with van der Waals surface area (Å²) in [6.07, 6.45) is 3.28. The van der Waals surface area contributed by atoms with Gasteiger partial charge in [0.05, 0.1) is 11.7 Å². The van der Waals surface area contributed by atoms with E-state index in [2.05, 4.69) is 14.1 Å². The monoisotopic (exact) mass is 436 g/mol. The van der Waals surface area contributed by atoms with Crippen molar-refractivity contribution in [2.75, 3.05) is 13.1 Å². The molecular formula is C18H20N4O3S3. The lowest BCUT2D eigenvalue weighted by atomic mass is 10.0. The molecule has 0 bridgehead atoms. The highest BCUT2D eigenvalue weighted by atomic mass is 32.2. The highest BCUT2D eigenvalue weighted by molar-refractivity contribution is 7.91. The summed E-state index contributed by atoms with van der Waals surface area (Å²) in [7, 11) is -3.46. The second-order valence-electron chi connectivity index (χ2n) is 6.71. The van der Waals surface area contributed by atoms with Crippen LogP contribution in [0.15, 0.2) is 39.9 Å². The Morgan fingerprint density at radius 2 is 2.07 bits per heavy atom. The number of amides is 1. The van der Waals surface area contributed by atoms with Crippen molar-refractivity contribution in [1.29, 1.82) is 0 Å². The second kappa shape index (κ2) is 8.24. The summed E-state index contributed by atoms with van der Waals surface area (Å²) in [6.45, 7) is 0.958. The molecule has 28 heavy (non-hydrogen) atoms. The second-order valence-corrected chi connectivity index (χ2v) is 10.3. The van der Waals surface area contributed by atoms with Crippen LogP contribution >= 0.6 is 23.1 Å². The zero-order chi connectivity index (χ0) is 19.6. The highest BCUT2D eigenvalue weighted by Crippen LogP contribution is 2.29. The summed E-state index contributed by atoms with van der Waals surface area (Å²) < 4.78 is 36.1. The fourth-order valence-electron chi connectivity index (χ4n) is 3.48. The van der Waals surface area contributed by atoms with E-state index in [4.69, 9.17) is 0 Å². The van der Waals surface area contributed by atoms with Crippen LogP contribution in [0.5, 0.6) is 0 Å². The summed E-state index contributed by atoms with van der Waals surface area (Å²) in [5, 5.41) is 4.69. The smallest absolute Gasteiger partial charge is 0.252 e. The van der Waals surface area contributed by atoms with E-state index in [1.54, 1.807) is 40.0 Å². The van der Waals surface area contributed by atoms with Crippen molar-refractivity contribution in [3.63, 3.8) is 0 Å². The Bertz CT molecular complexity index is 1060. The van der Waals surface area contributed by atoms with Crippen molar-refractivity contribution >= 4 is 50.0 Å². The van der Waals surface area contributed by atoms with Crippen LogP contribution in [-0.2, 0) is 10.0 Å². The van der Waals surface area contributed by atoms with Crippen molar-refractivity contribution in [2.24, 2.45) is 0 Å². The molecule has 4 rings (SSSR count). The Hall–Kier alpha value is -1.88. The third kappa shape index (κ3) is 3.95. The first kappa shape index (κ1) is 19.4. The van der Waals surface area contributed by atoms with Gasteiger partial charge in [0.1, 0.15) is 15.2 Å². The van der Waals surface area contributed by atoms with Crippen LogP contribution in [0.1, 0.15) is 36.0 Å². The third-order valence-corrected chi connectivity index (χ3v) is 8.79. The third-order valence-electron chi connectivity index (χ3n) is 4.91. The van der Waals surface area contributed by atoms with Gasteiger partial charge in [-0.3, -0.25) is 4.79 Å². The highest BCUT2D eigenvalue weighted by Gasteiger charge is 2.33. The molecule has 3 heterocycles. The molecule has 1 fully saturated rings. The molecule has 1 atom stereocenters. The van der Waals surface area contributed by atoms with E-state index in [-0.39, 0.29) is 11.9 Å². The summed E-state index contributed by atoms with van der Waals surface area (Å²) >= 11 is 2.36. The summed E-state index contributed by atoms with van der Waals surface area (Å²) in [6, 6.07) is 8.55. The van der Waals surface area contributed by atoms with Crippen molar-refractivity contribution in [1.82, 2.24) is 18.4 Å². The first-order valence-corrected chi connectivity index (χ1v) is 12.2. The molecule has 3 aromatic rings. The van der Waals surface area contributed by atoms with Crippen molar-refractivity contribution in [2.45, 2.75) is 35.9 Å². The molecule has 0 spiro atoms. The van der Waals surface area contributed by atoms with Crippen LogP contribution in [0.3, 0.4) is 0 Å². The van der Waals surface area contributed by atoms with E-state index < -0.39 is 10.0 Å². The van der Waals surface area contributed by atoms with E-state index in [0.717, 1.165) is 36.5 Å². The van der Waals surface area contributed by atoms with E-state index in [9.17, 15) is 13.2 Å². The molecular weight excluding hydrogens is 416 g/mol. The number of carbonyl (C=O) groups excluding carboxylic acids is 1. The van der Waals surface area contributed by atoms with E-state index in [1.807, 2.05) is 0 Å². The van der Waals surface area contributed by atoms with Crippen LogP contribution < -0.4 is 5.32 Å². The van der Waals surface area contributed by atoms with Gasteiger partial charge in [0, 0.05) is 24.7 Å². The van der Waals surface area contributed by atoms with Gasteiger partial charge in [-0.1, -0.05) is 12.5 Å². The van der Waals surface area contributed by atoms with Gasteiger partial charge in [0.25, 0.3) is 15.9 Å². The zero-order valence-electron chi connectivity index (χ0n) is 15.1. The average molecular weight is 437 g/mol. The van der Waals surface area contributed by atoms with Gasteiger partial charge in [-0.05, 0) is 48.9 Å². The number of nitrogens with one attached hydrogen (secondary N) is 1. The molecule has 1 aliphatic heterocycles. The number of fused-ring (bicyclic) bond motifs is 1. The van der Waals surface area contributed by atoms with Crippen molar-refractivity contribution < 1.29 is 13.2 Å². The van der Waals surface area contributed by atoms with Crippen molar-refractivity contribution in [3.05, 3.63) is 41.3 Å². The number of hydrogen-bond donors (Lipinski definition) is 1. The predicted molar refractivity (Wildman–Crippen MR) is 110 cm³/mol. The van der Waals surface area contributed by atoms with E-state index in [1.165, 1.54) is 11.3 Å². The van der Waals surface area contributed by atoms with Gasteiger partial charge in [-0.25, -0.2) is 8.42 Å². The minimum atomic E-state index is -3.46. The molecule has 0 saturated carbocycles. The fraction of sp³-hybridized carbons (Fsp3) is 0.389. The quantitative estimate of drug-likeness (QED) is 0.641. The zero-order valence-corrected chi connectivity index (χ0v) is 17.5. The van der Waals surface area contributed by atoms with Gasteiger partial charge in [0.2, 0.25) is 0 Å². The predicted octanol–water partition coefficient (Wildman–Crippen LogP) is 3.12. The minimum Gasteiger partial charge on any atom is -0.352 e. The molecule has 0 aliphatic carbocycles. The van der Waals surface area contributed by atoms with Crippen LogP contribution in [-0.4, -0.2) is 46.5 Å². The molecule has 2 aromatic heterocycles. The normalized spacial score (nSPS) is 18.4. The Balaban J connectivity index is 1.39. The lowest BCUT2D eigenvalue weighted by molar-refractivity contribution is 0.0949. The van der Waals surface area contributed by atoms with E-state index in [0.29, 0.717) is 34.8 Å². The molecule has 1 saturated heterocycles. The van der Waals surface area contributed by atoms with Gasteiger partial charge in [-0.2, -0.15) is 13.1 Å². The maximum absolute atomic E-state index is 12.9.